The van der Waals surface area contributed by atoms with Crippen molar-refractivity contribution in [2.24, 2.45) is 0 Å². The molecule has 6 nitrogen and oxygen atoms in total. The molecule has 0 spiro atoms. The van der Waals surface area contributed by atoms with E-state index in [4.69, 9.17) is 0 Å². The van der Waals surface area contributed by atoms with Gasteiger partial charge in [-0.1, -0.05) is 38.5 Å². The van der Waals surface area contributed by atoms with Gasteiger partial charge in [0.15, 0.2) is 0 Å². The van der Waals surface area contributed by atoms with E-state index in [0.717, 1.165) is 52.4 Å². The highest BCUT2D eigenvalue weighted by atomic mass is 16.3. The van der Waals surface area contributed by atoms with Crippen molar-refractivity contribution in [3.05, 3.63) is 0 Å². The minimum Gasteiger partial charge on any atom is -0.390 e. The van der Waals surface area contributed by atoms with Gasteiger partial charge in [0.2, 0.25) is 0 Å². The lowest BCUT2D eigenvalue weighted by Gasteiger charge is -2.37. The van der Waals surface area contributed by atoms with Crippen molar-refractivity contribution in [3.8, 4) is 0 Å². The molecule has 4 N–H and O–H groups in total. The lowest BCUT2D eigenvalue weighted by molar-refractivity contribution is 0.0468. The maximum absolute atomic E-state index is 10.4. The van der Waals surface area contributed by atoms with E-state index in [2.05, 4.69) is 20.4 Å². The Morgan fingerprint density at radius 1 is 0.607 bits per heavy atom. The minimum atomic E-state index is -0.279. The van der Waals surface area contributed by atoms with Crippen LogP contribution in [0.1, 0.15) is 64.2 Å². The largest absolute Gasteiger partial charge is 0.390 e. The molecule has 2 aliphatic carbocycles. The summed E-state index contributed by atoms with van der Waals surface area (Å²) in [6.45, 7) is 6.92. The second-order valence-electron chi connectivity index (χ2n) is 9.40. The van der Waals surface area contributed by atoms with E-state index in [-0.39, 0.29) is 12.2 Å². The highest BCUT2D eigenvalue weighted by Gasteiger charge is 2.22. The summed E-state index contributed by atoms with van der Waals surface area (Å²) < 4.78 is 0. The molecule has 0 aromatic rings. The van der Waals surface area contributed by atoms with E-state index < -0.39 is 0 Å². The Labute approximate surface area is 172 Å². The van der Waals surface area contributed by atoms with Crippen molar-refractivity contribution >= 4 is 0 Å². The first-order valence-corrected chi connectivity index (χ1v) is 12.0. The molecule has 164 valence electrons. The molecule has 1 saturated heterocycles. The third-order valence-corrected chi connectivity index (χ3v) is 6.90. The predicted molar refractivity (Wildman–Crippen MR) is 115 cm³/mol. The van der Waals surface area contributed by atoms with Gasteiger partial charge in [0, 0.05) is 64.4 Å². The summed E-state index contributed by atoms with van der Waals surface area (Å²) in [4.78, 5) is 4.74. The molecule has 3 aliphatic rings. The normalized spacial score (nSPS) is 26.4. The van der Waals surface area contributed by atoms with Gasteiger partial charge >= 0.3 is 0 Å². The van der Waals surface area contributed by atoms with Gasteiger partial charge in [-0.15, -0.1) is 0 Å². The van der Waals surface area contributed by atoms with Gasteiger partial charge in [0.05, 0.1) is 12.2 Å². The molecule has 28 heavy (non-hydrogen) atoms. The Hall–Kier alpha value is -0.240. The first-order valence-electron chi connectivity index (χ1n) is 12.0. The standard InChI is InChI=1S/C22H44N4O2/c27-21(15-23-19-7-3-1-4-8-19)17-25-11-13-26(14-12-25)18-22(28)16-24-20-9-5-2-6-10-20/h19-24,27-28H,1-18H2/t21-,22-/m0/s1. The van der Waals surface area contributed by atoms with Crippen LogP contribution >= 0.6 is 0 Å². The van der Waals surface area contributed by atoms with Crippen LogP contribution < -0.4 is 10.6 Å². The van der Waals surface area contributed by atoms with Gasteiger partial charge in [-0.25, -0.2) is 0 Å². The molecule has 0 aromatic carbocycles. The smallest absolute Gasteiger partial charge is 0.0791 e. The van der Waals surface area contributed by atoms with Crippen molar-refractivity contribution in [1.82, 2.24) is 20.4 Å². The third-order valence-electron chi connectivity index (χ3n) is 6.90. The molecule has 6 heteroatoms. The first kappa shape index (κ1) is 22.4. The SMILES string of the molecule is O[C@@H](CNC1CCCCC1)CN1CCN(C[C@@H](O)CNC2CCCCC2)CC1. The van der Waals surface area contributed by atoms with Crippen LogP contribution in [0, 0.1) is 0 Å². The van der Waals surface area contributed by atoms with Crippen molar-refractivity contribution < 1.29 is 10.2 Å². The zero-order chi connectivity index (χ0) is 19.6. The van der Waals surface area contributed by atoms with E-state index >= 15 is 0 Å². The quantitative estimate of drug-likeness (QED) is 0.444. The van der Waals surface area contributed by atoms with E-state index in [1.165, 1.54) is 64.2 Å². The summed E-state index contributed by atoms with van der Waals surface area (Å²) >= 11 is 0. The highest BCUT2D eigenvalue weighted by Crippen LogP contribution is 2.18. The number of aliphatic hydroxyl groups excluding tert-OH is 2. The lowest BCUT2D eigenvalue weighted by atomic mass is 9.95. The van der Waals surface area contributed by atoms with Crippen molar-refractivity contribution in [2.45, 2.75) is 88.5 Å². The maximum Gasteiger partial charge on any atom is 0.0791 e. The van der Waals surface area contributed by atoms with Gasteiger partial charge in [0.25, 0.3) is 0 Å². The van der Waals surface area contributed by atoms with Crippen LogP contribution in [0.2, 0.25) is 0 Å². The first-order chi connectivity index (χ1) is 13.7. The fourth-order valence-corrected chi connectivity index (χ4v) is 5.10. The average Bonchev–Trinajstić information content (AvgIpc) is 2.74. The van der Waals surface area contributed by atoms with E-state index in [1.807, 2.05) is 0 Å². The van der Waals surface area contributed by atoms with Crippen LogP contribution in [0.5, 0.6) is 0 Å². The predicted octanol–water partition coefficient (Wildman–Crippen LogP) is 1.17. The second-order valence-corrected chi connectivity index (χ2v) is 9.40. The summed E-state index contributed by atoms with van der Waals surface area (Å²) in [5.41, 5.74) is 0. The molecule has 0 radical (unpaired) electrons. The number of aliphatic hydroxyl groups is 2. The van der Waals surface area contributed by atoms with Crippen LogP contribution in [-0.2, 0) is 0 Å². The number of piperazine rings is 1. The average molecular weight is 397 g/mol. The molecule has 3 rings (SSSR count). The van der Waals surface area contributed by atoms with E-state index in [1.54, 1.807) is 0 Å². The Morgan fingerprint density at radius 3 is 1.32 bits per heavy atom. The summed E-state index contributed by atoms with van der Waals surface area (Å²) in [6, 6.07) is 1.23. The summed E-state index contributed by atoms with van der Waals surface area (Å²) in [6.07, 6.45) is 12.6. The third kappa shape index (κ3) is 8.25. The Morgan fingerprint density at radius 2 is 0.964 bits per heavy atom. The Bertz CT molecular complexity index is 367. The van der Waals surface area contributed by atoms with Gasteiger partial charge in [-0.3, -0.25) is 9.80 Å². The van der Waals surface area contributed by atoms with E-state index in [0.29, 0.717) is 12.1 Å². The van der Waals surface area contributed by atoms with Crippen molar-refractivity contribution in [2.75, 3.05) is 52.4 Å². The molecule has 0 bridgehead atoms. The van der Waals surface area contributed by atoms with Crippen LogP contribution in [0.4, 0.5) is 0 Å². The number of rotatable bonds is 10. The van der Waals surface area contributed by atoms with Crippen LogP contribution in [0.3, 0.4) is 0 Å². The molecule has 2 saturated carbocycles. The number of hydrogen-bond acceptors (Lipinski definition) is 6. The van der Waals surface area contributed by atoms with Crippen molar-refractivity contribution in [3.63, 3.8) is 0 Å². The van der Waals surface area contributed by atoms with Crippen LogP contribution in [-0.4, -0.2) is 96.7 Å². The fourth-order valence-electron chi connectivity index (χ4n) is 5.10. The molecular formula is C22H44N4O2. The van der Waals surface area contributed by atoms with Crippen molar-refractivity contribution in [1.29, 1.82) is 0 Å². The molecule has 0 unspecified atom stereocenters. The number of hydrogen-bond donors (Lipinski definition) is 4. The Kier molecular flexibility index (Phi) is 9.98. The summed E-state index contributed by atoms with van der Waals surface area (Å²) in [5, 5.41) is 27.9. The molecule has 2 atom stereocenters. The summed E-state index contributed by atoms with van der Waals surface area (Å²) in [5.74, 6) is 0. The molecule has 3 fully saturated rings. The molecule has 1 heterocycles. The van der Waals surface area contributed by atoms with Gasteiger partial charge in [0.1, 0.15) is 0 Å². The number of nitrogens with one attached hydrogen (secondary N) is 2. The Balaban J connectivity index is 1.23. The minimum absolute atomic E-state index is 0.279. The fraction of sp³-hybridized carbons (Fsp3) is 1.00. The van der Waals surface area contributed by atoms with Gasteiger partial charge in [-0.2, -0.15) is 0 Å². The number of nitrogens with zero attached hydrogens (tertiary/aromatic N) is 2. The molecule has 0 aromatic heterocycles. The van der Waals surface area contributed by atoms with Crippen LogP contribution in [0.15, 0.2) is 0 Å². The zero-order valence-electron chi connectivity index (χ0n) is 17.8. The summed E-state index contributed by atoms with van der Waals surface area (Å²) in [7, 11) is 0. The van der Waals surface area contributed by atoms with Gasteiger partial charge < -0.3 is 20.8 Å². The highest BCUT2D eigenvalue weighted by molar-refractivity contribution is 4.80. The zero-order valence-corrected chi connectivity index (χ0v) is 17.8. The topological polar surface area (TPSA) is 71.0 Å². The lowest BCUT2D eigenvalue weighted by Crippen LogP contribution is -2.52. The number of β-amino-alcohol motifs (C(OH)–C–C–N with tert-alkyl or cyclic N) is 2. The second kappa shape index (κ2) is 12.5. The molecule has 0 amide bonds. The monoisotopic (exact) mass is 396 g/mol. The van der Waals surface area contributed by atoms with Gasteiger partial charge in [-0.05, 0) is 25.7 Å². The van der Waals surface area contributed by atoms with Crippen LogP contribution in [0.25, 0.3) is 0 Å². The maximum atomic E-state index is 10.4. The molecular weight excluding hydrogens is 352 g/mol. The van der Waals surface area contributed by atoms with E-state index in [9.17, 15) is 10.2 Å². The molecule has 1 aliphatic heterocycles.